The first-order valence-corrected chi connectivity index (χ1v) is 10.4. The topological polar surface area (TPSA) is 100 Å². The monoisotopic (exact) mass is 458 g/mol. The minimum absolute atomic E-state index is 0.00395. The van der Waals surface area contributed by atoms with Gasteiger partial charge >= 0.3 is 5.51 Å². The Bertz CT molecular complexity index is 1370. The Morgan fingerprint density at radius 1 is 1.10 bits per heavy atom. The molecule has 0 saturated heterocycles. The van der Waals surface area contributed by atoms with E-state index in [1.807, 2.05) is 0 Å². The van der Waals surface area contributed by atoms with Crippen molar-refractivity contribution in [2.45, 2.75) is 43.5 Å². The van der Waals surface area contributed by atoms with Crippen molar-refractivity contribution in [2.75, 3.05) is 0 Å². The highest BCUT2D eigenvalue weighted by molar-refractivity contribution is 7.92. The van der Waals surface area contributed by atoms with E-state index in [1.54, 1.807) is 20.8 Å². The lowest BCUT2D eigenvalue weighted by atomic mass is 9.84. The van der Waals surface area contributed by atoms with Gasteiger partial charge in [0.2, 0.25) is 0 Å². The summed E-state index contributed by atoms with van der Waals surface area (Å²) in [5, 5.41) is 10.3. The molecular weight excluding hydrogens is 440 g/mol. The summed E-state index contributed by atoms with van der Waals surface area (Å²) in [5.41, 5.74) is -7.06. The standard InChI is InChI=1S/C20H18F4N2O4S/c1-9-13(21)8-12(19(2,3)4)16(27)15(9)17-25-14-6-5-10(7-11(14)18(28)26-17)31(29,30)20(22,23)24/h5-8,27H,1-4H3,(H,25,26,28). The molecule has 166 valence electrons. The van der Waals surface area contributed by atoms with Crippen LogP contribution in [0.4, 0.5) is 17.6 Å². The van der Waals surface area contributed by atoms with Crippen LogP contribution in [-0.2, 0) is 15.3 Å². The second-order valence-corrected chi connectivity index (χ2v) is 9.99. The van der Waals surface area contributed by atoms with Crippen LogP contribution in [0.15, 0.2) is 34.0 Å². The van der Waals surface area contributed by atoms with Crippen molar-refractivity contribution in [3.8, 4) is 17.1 Å². The van der Waals surface area contributed by atoms with Gasteiger partial charge in [-0.25, -0.2) is 17.8 Å². The molecule has 0 unspecified atom stereocenters. The first-order valence-electron chi connectivity index (χ1n) is 8.94. The molecule has 0 spiro atoms. The molecule has 3 aromatic rings. The van der Waals surface area contributed by atoms with Crippen molar-refractivity contribution >= 4 is 20.7 Å². The summed E-state index contributed by atoms with van der Waals surface area (Å²) in [6.07, 6.45) is 0. The van der Waals surface area contributed by atoms with Gasteiger partial charge in [-0.1, -0.05) is 20.8 Å². The summed E-state index contributed by atoms with van der Waals surface area (Å²) < 4.78 is 76.2. The summed E-state index contributed by atoms with van der Waals surface area (Å²) in [4.78, 5) is 17.9. The van der Waals surface area contributed by atoms with Gasteiger partial charge in [-0.3, -0.25) is 4.79 Å². The van der Waals surface area contributed by atoms with E-state index in [-0.39, 0.29) is 33.8 Å². The number of sulfone groups is 1. The summed E-state index contributed by atoms with van der Waals surface area (Å²) in [7, 11) is -5.66. The highest BCUT2D eigenvalue weighted by atomic mass is 32.2. The fourth-order valence-corrected chi connectivity index (χ4v) is 3.92. The molecule has 0 atom stereocenters. The number of aromatic hydroxyl groups is 1. The van der Waals surface area contributed by atoms with E-state index in [4.69, 9.17) is 0 Å². The smallest absolute Gasteiger partial charge is 0.501 e. The molecule has 0 fully saturated rings. The van der Waals surface area contributed by atoms with Crippen molar-refractivity contribution in [2.24, 2.45) is 0 Å². The number of nitrogens with one attached hydrogen (secondary N) is 1. The molecule has 11 heteroatoms. The molecule has 1 heterocycles. The Kier molecular flexibility index (Phi) is 5.16. The zero-order chi connectivity index (χ0) is 23.5. The van der Waals surface area contributed by atoms with E-state index in [0.717, 1.165) is 6.07 Å². The van der Waals surface area contributed by atoms with Gasteiger partial charge in [0.15, 0.2) is 0 Å². The van der Waals surface area contributed by atoms with Crippen LogP contribution in [0.25, 0.3) is 22.3 Å². The number of phenolic OH excluding ortho intramolecular Hbond substituents is 1. The molecule has 0 aliphatic heterocycles. The summed E-state index contributed by atoms with van der Waals surface area (Å²) in [6.45, 7) is 6.62. The van der Waals surface area contributed by atoms with Crippen LogP contribution in [-0.4, -0.2) is 29.0 Å². The van der Waals surface area contributed by atoms with Gasteiger partial charge in [-0.2, -0.15) is 13.2 Å². The third kappa shape index (κ3) is 3.78. The number of halogens is 4. The average molecular weight is 458 g/mol. The van der Waals surface area contributed by atoms with Gasteiger partial charge < -0.3 is 10.1 Å². The van der Waals surface area contributed by atoms with Gasteiger partial charge in [0, 0.05) is 5.56 Å². The SMILES string of the molecule is Cc1c(F)cc(C(C)(C)C)c(O)c1-c1nc2ccc(S(=O)(=O)C(F)(F)F)cc2c(=O)[nH]1. The summed E-state index contributed by atoms with van der Waals surface area (Å²) >= 11 is 0. The number of rotatable bonds is 2. The van der Waals surface area contributed by atoms with Gasteiger partial charge in [-0.05, 0) is 42.2 Å². The highest BCUT2D eigenvalue weighted by Crippen LogP contribution is 2.40. The zero-order valence-corrected chi connectivity index (χ0v) is 17.7. The van der Waals surface area contributed by atoms with Crippen LogP contribution >= 0.6 is 0 Å². The van der Waals surface area contributed by atoms with Crippen molar-refractivity contribution in [1.29, 1.82) is 0 Å². The molecule has 2 N–H and O–H groups in total. The molecule has 0 radical (unpaired) electrons. The van der Waals surface area contributed by atoms with E-state index >= 15 is 0 Å². The average Bonchev–Trinajstić information content (AvgIpc) is 2.62. The number of aromatic nitrogens is 2. The zero-order valence-electron chi connectivity index (χ0n) is 16.8. The van der Waals surface area contributed by atoms with Crippen molar-refractivity contribution < 1.29 is 31.1 Å². The number of aromatic amines is 1. The Morgan fingerprint density at radius 2 is 1.71 bits per heavy atom. The first kappa shape index (κ1) is 22.7. The number of H-pyrrole nitrogens is 1. The van der Waals surface area contributed by atoms with Crippen LogP contribution < -0.4 is 5.56 Å². The summed E-state index contributed by atoms with van der Waals surface area (Å²) in [6, 6.07) is 3.39. The number of hydrogen-bond donors (Lipinski definition) is 2. The molecule has 0 aliphatic carbocycles. The van der Waals surface area contributed by atoms with E-state index in [2.05, 4.69) is 9.97 Å². The lowest BCUT2D eigenvalue weighted by molar-refractivity contribution is -0.0435. The Labute approximate surface area is 174 Å². The third-order valence-electron chi connectivity index (χ3n) is 4.83. The largest absolute Gasteiger partial charge is 0.507 e. The van der Waals surface area contributed by atoms with Crippen LogP contribution in [0.1, 0.15) is 31.9 Å². The van der Waals surface area contributed by atoms with Gasteiger partial charge in [0.05, 0.1) is 21.4 Å². The molecular formula is C20H18F4N2O4S. The number of phenols is 1. The molecule has 3 rings (SSSR count). The molecule has 0 bridgehead atoms. The number of benzene rings is 2. The minimum Gasteiger partial charge on any atom is -0.507 e. The van der Waals surface area contributed by atoms with Crippen molar-refractivity contribution in [3.05, 3.63) is 51.6 Å². The predicted molar refractivity (Wildman–Crippen MR) is 106 cm³/mol. The van der Waals surface area contributed by atoms with Gasteiger partial charge in [-0.15, -0.1) is 0 Å². The quantitative estimate of drug-likeness (QED) is 0.557. The van der Waals surface area contributed by atoms with Gasteiger partial charge in [0.25, 0.3) is 15.4 Å². The van der Waals surface area contributed by atoms with Crippen molar-refractivity contribution in [3.63, 3.8) is 0 Å². The predicted octanol–water partition coefficient (Wildman–Crippen LogP) is 4.33. The number of fused-ring (bicyclic) bond motifs is 1. The molecule has 0 aliphatic rings. The Morgan fingerprint density at radius 3 is 2.26 bits per heavy atom. The van der Waals surface area contributed by atoms with E-state index in [1.165, 1.54) is 13.0 Å². The van der Waals surface area contributed by atoms with Crippen molar-refractivity contribution in [1.82, 2.24) is 9.97 Å². The van der Waals surface area contributed by atoms with Crippen LogP contribution in [0.2, 0.25) is 0 Å². The van der Waals surface area contributed by atoms with Crippen LogP contribution in [0.3, 0.4) is 0 Å². The number of nitrogens with zero attached hydrogens (tertiary/aromatic N) is 1. The number of alkyl halides is 3. The maximum Gasteiger partial charge on any atom is 0.501 e. The fraction of sp³-hybridized carbons (Fsp3) is 0.300. The molecule has 6 nitrogen and oxygen atoms in total. The normalized spacial score (nSPS) is 13.0. The molecule has 2 aromatic carbocycles. The molecule has 1 aromatic heterocycles. The van der Waals surface area contributed by atoms with Crippen LogP contribution in [0.5, 0.6) is 5.75 Å². The molecule has 0 amide bonds. The maximum absolute atomic E-state index is 14.5. The molecule has 31 heavy (non-hydrogen) atoms. The Balaban J connectivity index is 2.30. The van der Waals surface area contributed by atoms with E-state index < -0.39 is 42.4 Å². The minimum atomic E-state index is -5.66. The van der Waals surface area contributed by atoms with Crippen LogP contribution in [0, 0.1) is 12.7 Å². The highest BCUT2D eigenvalue weighted by Gasteiger charge is 2.47. The lowest BCUT2D eigenvalue weighted by Gasteiger charge is -2.23. The first-order chi connectivity index (χ1) is 14.1. The number of hydrogen-bond acceptors (Lipinski definition) is 5. The van der Waals surface area contributed by atoms with Gasteiger partial charge in [0.1, 0.15) is 17.4 Å². The fourth-order valence-electron chi connectivity index (χ4n) is 3.13. The molecule has 0 saturated carbocycles. The lowest BCUT2D eigenvalue weighted by Crippen LogP contribution is -2.23. The second kappa shape index (κ2) is 7.04. The second-order valence-electron chi connectivity index (χ2n) is 8.05. The third-order valence-corrected chi connectivity index (χ3v) is 6.32. The van der Waals surface area contributed by atoms with E-state index in [0.29, 0.717) is 12.1 Å². The van der Waals surface area contributed by atoms with E-state index in [9.17, 15) is 35.9 Å². The summed E-state index contributed by atoms with van der Waals surface area (Å²) in [5.74, 6) is -1.15. The maximum atomic E-state index is 14.5. The Hall–Kier alpha value is -2.95.